The van der Waals surface area contributed by atoms with E-state index in [0.29, 0.717) is 30.9 Å². The molecule has 0 saturated carbocycles. The smallest absolute Gasteiger partial charge is 0.256 e. The highest BCUT2D eigenvalue weighted by molar-refractivity contribution is 7.89. The van der Waals surface area contributed by atoms with Crippen LogP contribution < -0.4 is 5.32 Å². The van der Waals surface area contributed by atoms with Crippen LogP contribution in [-0.2, 0) is 10.0 Å². The van der Waals surface area contributed by atoms with E-state index in [9.17, 15) is 13.2 Å². The molecule has 0 unspecified atom stereocenters. The Kier molecular flexibility index (Phi) is 5.10. The number of benzene rings is 1. The van der Waals surface area contributed by atoms with Gasteiger partial charge in [-0.15, -0.1) is 0 Å². The van der Waals surface area contributed by atoms with Gasteiger partial charge >= 0.3 is 0 Å². The number of amides is 1. The highest BCUT2D eigenvalue weighted by Crippen LogP contribution is 2.16. The van der Waals surface area contributed by atoms with Gasteiger partial charge < -0.3 is 5.32 Å². The van der Waals surface area contributed by atoms with Crippen molar-refractivity contribution in [3.05, 3.63) is 42.1 Å². The molecule has 2 rings (SSSR count). The Morgan fingerprint density at radius 2 is 1.86 bits per heavy atom. The molecule has 0 radical (unpaired) electrons. The van der Waals surface area contributed by atoms with E-state index in [0.717, 1.165) is 0 Å². The molecular weight excluding hydrogens is 302 g/mol. The van der Waals surface area contributed by atoms with E-state index in [1.807, 2.05) is 6.08 Å². The van der Waals surface area contributed by atoms with Crippen LogP contribution in [-0.4, -0.2) is 37.6 Å². The van der Waals surface area contributed by atoms with Crippen LogP contribution in [0.2, 0.25) is 0 Å². The van der Waals surface area contributed by atoms with Crippen molar-refractivity contribution in [2.75, 3.05) is 13.1 Å². The average molecular weight is 321 g/mol. The molecule has 1 aromatic rings. The summed E-state index contributed by atoms with van der Waals surface area (Å²) < 4.78 is 26.1. The molecule has 1 aliphatic heterocycles. The Bertz CT molecular complexity index is 702. The summed E-state index contributed by atoms with van der Waals surface area (Å²) >= 11 is 0. The lowest BCUT2D eigenvalue weighted by atomic mass is 10.2. The summed E-state index contributed by atoms with van der Waals surface area (Å²) in [5, 5.41) is 2.69. The Hall–Kier alpha value is -1.99. The lowest BCUT2D eigenvalue weighted by molar-refractivity contribution is 0.0976. The van der Waals surface area contributed by atoms with Crippen molar-refractivity contribution in [2.24, 2.45) is 4.99 Å². The van der Waals surface area contributed by atoms with Crippen molar-refractivity contribution in [2.45, 2.75) is 25.2 Å². The topological polar surface area (TPSA) is 78.8 Å². The molecule has 0 fully saturated rings. The number of sulfonamides is 1. The highest BCUT2D eigenvalue weighted by atomic mass is 32.2. The van der Waals surface area contributed by atoms with E-state index < -0.39 is 10.0 Å². The molecule has 1 heterocycles. The molecule has 6 nitrogen and oxygen atoms in total. The third-order valence-electron chi connectivity index (χ3n) is 3.36. The van der Waals surface area contributed by atoms with Crippen molar-refractivity contribution >= 4 is 21.8 Å². The zero-order valence-electron chi connectivity index (χ0n) is 12.6. The van der Waals surface area contributed by atoms with E-state index in [-0.39, 0.29) is 10.8 Å². The van der Waals surface area contributed by atoms with Crippen molar-refractivity contribution in [3.63, 3.8) is 0 Å². The molecule has 0 aromatic heterocycles. The van der Waals surface area contributed by atoms with Gasteiger partial charge in [-0.25, -0.2) is 13.4 Å². The van der Waals surface area contributed by atoms with Gasteiger partial charge in [0.05, 0.1) is 4.90 Å². The minimum atomic E-state index is -3.50. The average Bonchev–Trinajstić information content (AvgIpc) is 3.01. The van der Waals surface area contributed by atoms with Crippen LogP contribution in [0.3, 0.4) is 0 Å². The first-order valence-corrected chi connectivity index (χ1v) is 8.56. The van der Waals surface area contributed by atoms with Gasteiger partial charge in [-0.2, -0.15) is 4.31 Å². The number of nitrogens with one attached hydrogen (secondary N) is 1. The van der Waals surface area contributed by atoms with Crippen molar-refractivity contribution < 1.29 is 13.2 Å². The zero-order valence-corrected chi connectivity index (χ0v) is 13.4. The predicted molar refractivity (Wildman–Crippen MR) is 85.2 cm³/mol. The van der Waals surface area contributed by atoms with E-state index in [1.54, 1.807) is 20.0 Å². The van der Waals surface area contributed by atoms with Gasteiger partial charge in [0, 0.05) is 31.3 Å². The first-order chi connectivity index (χ1) is 10.5. The fourth-order valence-corrected chi connectivity index (χ4v) is 3.60. The van der Waals surface area contributed by atoms with Gasteiger partial charge in [-0.3, -0.25) is 4.79 Å². The molecule has 0 spiro atoms. The summed E-state index contributed by atoms with van der Waals surface area (Å²) in [5.74, 6) is 0.291. The highest BCUT2D eigenvalue weighted by Gasteiger charge is 2.21. The molecule has 7 heteroatoms. The van der Waals surface area contributed by atoms with E-state index in [1.165, 1.54) is 28.6 Å². The van der Waals surface area contributed by atoms with Gasteiger partial charge in [-0.05, 0) is 24.3 Å². The molecule has 22 heavy (non-hydrogen) atoms. The van der Waals surface area contributed by atoms with Gasteiger partial charge in [0.25, 0.3) is 5.91 Å². The largest absolute Gasteiger partial charge is 0.310 e. The van der Waals surface area contributed by atoms with Crippen LogP contribution in [0.4, 0.5) is 0 Å². The summed E-state index contributed by atoms with van der Waals surface area (Å²) in [4.78, 5) is 16.2. The second-order valence-electron chi connectivity index (χ2n) is 4.73. The Balaban J connectivity index is 2.14. The Morgan fingerprint density at radius 1 is 1.23 bits per heavy atom. The van der Waals surface area contributed by atoms with Gasteiger partial charge in [-0.1, -0.05) is 19.9 Å². The molecule has 0 bridgehead atoms. The van der Waals surface area contributed by atoms with Crippen LogP contribution in [0.15, 0.2) is 46.4 Å². The second-order valence-corrected chi connectivity index (χ2v) is 6.67. The number of hydrogen-bond donors (Lipinski definition) is 1. The number of carbonyl (C=O) groups excluding carboxylic acids is 1. The maximum absolute atomic E-state index is 12.4. The van der Waals surface area contributed by atoms with E-state index in [4.69, 9.17) is 0 Å². The standard InChI is InChI=1S/C15H19N3O3S/c1-3-18(4-2)22(20,21)13-9-7-12(8-10-13)15(19)17-14-6-5-11-16-14/h5,7-11H,3-4,6H2,1-2H3,(H,16,17,19). The first kappa shape index (κ1) is 16.4. The normalized spacial score (nSPS) is 14.2. The van der Waals surface area contributed by atoms with E-state index >= 15 is 0 Å². The molecule has 1 amide bonds. The molecule has 1 aliphatic rings. The minimum Gasteiger partial charge on any atom is -0.310 e. The van der Waals surface area contributed by atoms with Crippen LogP contribution >= 0.6 is 0 Å². The molecule has 0 atom stereocenters. The molecule has 0 saturated heterocycles. The van der Waals surface area contributed by atoms with Crippen molar-refractivity contribution in [1.29, 1.82) is 0 Å². The third-order valence-corrected chi connectivity index (χ3v) is 5.43. The number of rotatable bonds is 5. The second kappa shape index (κ2) is 6.85. The first-order valence-electron chi connectivity index (χ1n) is 7.12. The maximum Gasteiger partial charge on any atom is 0.256 e. The summed E-state index contributed by atoms with van der Waals surface area (Å²) in [6.07, 6.45) is 4.07. The lowest BCUT2D eigenvalue weighted by Crippen LogP contribution is -2.31. The fraction of sp³-hybridized carbons (Fsp3) is 0.333. The Morgan fingerprint density at radius 3 is 2.36 bits per heavy atom. The van der Waals surface area contributed by atoms with Gasteiger partial charge in [0.15, 0.2) is 0 Å². The van der Waals surface area contributed by atoms with Crippen LogP contribution in [0.5, 0.6) is 0 Å². The molecule has 0 aliphatic carbocycles. The SMILES string of the molecule is CCN(CC)S(=O)(=O)c1ccc(C(=O)NC2=NC=CC2)cc1. The van der Waals surface area contributed by atoms with Gasteiger partial charge in [0.2, 0.25) is 10.0 Å². The van der Waals surface area contributed by atoms with Crippen molar-refractivity contribution in [1.82, 2.24) is 9.62 Å². The molecule has 118 valence electrons. The van der Waals surface area contributed by atoms with E-state index in [2.05, 4.69) is 10.3 Å². The predicted octanol–water partition coefficient (Wildman–Crippen LogP) is 1.76. The quantitative estimate of drug-likeness (QED) is 0.897. The van der Waals surface area contributed by atoms with Crippen LogP contribution in [0.25, 0.3) is 0 Å². The summed E-state index contributed by atoms with van der Waals surface area (Å²) in [6.45, 7) is 4.40. The molecule has 1 N–H and O–H groups in total. The minimum absolute atomic E-state index is 0.188. The summed E-state index contributed by atoms with van der Waals surface area (Å²) in [7, 11) is -3.50. The third kappa shape index (κ3) is 3.42. The summed E-state index contributed by atoms with van der Waals surface area (Å²) in [5.41, 5.74) is 0.396. The lowest BCUT2D eigenvalue weighted by Gasteiger charge is -2.18. The van der Waals surface area contributed by atoms with Crippen LogP contribution in [0.1, 0.15) is 30.6 Å². The molecular formula is C15H19N3O3S. The Labute approximate surface area is 130 Å². The fourth-order valence-electron chi connectivity index (χ4n) is 2.14. The maximum atomic E-state index is 12.4. The number of amidine groups is 1. The summed E-state index contributed by atoms with van der Waals surface area (Å²) in [6, 6.07) is 5.93. The number of nitrogens with zero attached hydrogens (tertiary/aromatic N) is 2. The monoisotopic (exact) mass is 321 g/mol. The number of hydrogen-bond acceptors (Lipinski definition) is 4. The van der Waals surface area contributed by atoms with Crippen molar-refractivity contribution in [3.8, 4) is 0 Å². The zero-order chi connectivity index (χ0) is 16.2. The molecule has 1 aromatic carbocycles. The van der Waals surface area contributed by atoms with Crippen LogP contribution in [0, 0.1) is 0 Å². The number of aliphatic imine (C=N–C) groups is 1. The van der Waals surface area contributed by atoms with Gasteiger partial charge in [0.1, 0.15) is 5.84 Å². The number of carbonyl (C=O) groups is 1.